The lowest BCUT2D eigenvalue weighted by molar-refractivity contribution is 0.834. The van der Waals surface area contributed by atoms with Gasteiger partial charge in [0.15, 0.2) is 0 Å². The number of nitrogens with one attached hydrogen (secondary N) is 1. The van der Waals surface area contributed by atoms with Crippen LogP contribution >= 0.6 is 0 Å². The van der Waals surface area contributed by atoms with Crippen molar-refractivity contribution < 1.29 is 0 Å². The smallest absolute Gasteiger partial charge is 0.0516 e. The molecule has 1 aliphatic rings. The van der Waals surface area contributed by atoms with E-state index in [1.807, 2.05) is 0 Å². The van der Waals surface area contributed by atoms with Gasteiger partial charge in [-0.3, -0.25) is 0 Å². The molecule has 0 aliphatic carbocycles. The summed E-state index contributed by atoms with van der Waals surface area (Å²) in [4.78, 5) is 0. The van der Waals surface area contributed by atoms with E-state index in [2.05, 4.69) is 77.6 Å². The fourth-order valence-electron chi connectivity index (χ4n) is 4.16. The molecular weight excluding hydrogens is 292 g/mol. The topological polar surface area (TPSA) is 17.0 Å². The Morgan fingerprint density at radius 1 is 0.917 bits per heavy atom. The Bertz CT molecular complexity index is 1060. The monoisotopic (exact) mass is 312 g/mol. The number of para-hydroxylation sites is 1. The minimum atomic E-state index is 1.06. The van der Waals surface area contributed by atoms with E-state index in [0.29, 0.717) is 0 Å². The summed E-state index contributed by atoms with van der Waals surface area (Å²) in [5, 5.41) is 6.43. The minimum Gasteiger partial charge on any atom is -0.384 e. The first kappa shape index (κ1) is 13.7. The van der Waals surface area contributed by atoms with Crippen molar-refractivity contribution >= 4 is 27.5 Å². The predicted octanol–water partition coefficient (Wildman–Crippen LogP) is 5.36. The highest BCUT2D eigenvalue weighted by atomic mass is 15.0. The number of rotatable bonds is 1. The quantitative estimate of drug-likeness (QED) is 0.501. The Morgan fingerprint density at radius 2 is 1.71 bits per heavy atom. The molecule has 2 nitrogen and oxygen atoms in total. The average Bonchev–Trinajstić information content (AvgIpc) is 2.95. The van der Waals surface area contributed by atoms with Crippen LogP contribution in [-0.2, 0) is 13.5 Å². The van der Waals surface area contributed by atoms with Gasteiger partial charge in [0.1, 0.15) is 0 Å². The van der Waals surface area contributed by atoms with Crippen molar-refractivity contribution in [3.05, 3.63) is 66.2 Å². The fraction of sp³-hybridized carbons (Fsp3) is 0.182. The molecule has 0 amide bonds. The molecular formula is C22H20N2. The van der Waals surface area contributed by atoms with Crippen LogP contribution in [0.1, 0.15) is 12.0 Å². The second-order valence-electron chi connectivity index (χ2n) is 6.64. The third kappa shape index (κ3) is 1.83. The van der Waals surface area contributed by atoms with Crippen LogP contribution in [0.25, 0.3) is 32.9 Å². The van der Waals surface area contributed by atoms with Crippen molar-refractivity contribution in [2.75, 3.05) is 11.9 Å². The first-order chi connectivity index (χ1) is 11.8. The molecule has 0 bridgehead atoms. The zero-order valence-electron chi connectivity index (χ0n) is 13.8. The molecule has 2 heterocycles. The lowest BCUT2D eigenvalue weighted by Crippen LogP contribution is -2.13. The van der Waals surface area contributed by atoms with Gasteiger partial charge >= 0.3 is 0 Å². The fourth-order valence-corrected chi connectivity index (χ4v) is 4.16. The molecule has 2 heteroatoms. The summed E-state index contributed by atoms with van der Waals surface area (Å²) in [5.41, 5.74) is 8.10. The van der Waals surface area contributed by atoms with Crippen molar-refractivity contribution in [3.63, 3.8) is 0 Å². The summed E-state index contributed by atoms with van der Waals surface area (Å²) in [6.45, 7) is 1.06. The molecule has 0 saturated carbocycles. The summed E-state index contributed by atoms with van der Waals surface area (Å²) in [5.74, 6) is 0. The van der Waals surface area contributed by atoms with Gasteiger partial charge in [-0.1, -0.05) is 48.5 Å². The predicted molar refractivity (Wildman–Crippen MR) is 103 cm³/mol. The van der Waals surface area contributed by atoms with Gasteiger partial charge in [-0.2, -0.15) is 0 Å². The normalized spacial score (nSPS) is 13.9. The van der Waals surface area contributed by atoms with Crippen LogP contribution in [0.4, 0.5) is 5.69 Å². The van der Waals surface area contributed by atoms with E-state index in [4.69, 9.17) is 0 Å². The van der Waals surface area contributed by atoms with E-state index in [1.54, 1.807) is 0 Å². The third-order valence-electron chi connectivity index (χ3n) is 5.30. The summed E-state index contributed by atoms with van der Waals surface area (Å²) < 4.78 is 2.33. The lowest BCUT2D eigenvalue weighted by Gasteiger charge is -2.23. The number of aryl methyl sites for hydroxylation is 1. The molecule has 0 atom stereocenters. The second kappa shape index (κ2) is 5.13. The first-order valence-corrected chi connectivity index (χ1v) is 8.67. The van der Waals surface area contributed by atoms with Gasteiger partial charge in [0.25, 0.3) is 0 Å². The van der Waals surface area contributed by atoms with Crippen molar-refractivity contribution in [1.29, 1.82) is 0 Å². The van der Waals surface area contributed by atoms with Crippen LogP contribution in [0.5, 0.6) is 0 Å². The van der Waals surface area contributed by atoms with E-state index in [9.17, 15) is 0 Å². The number of aromatic nitrogens is 1. The Balaban J connectivity index is 1.96. The lowest BCUT2D eigenvalue weighted by atomic mass is 9.90. The summed E-state index contributed by atoms with van der Waals surface area (Å²) in [6.07, 6.45) is 2.34. The Morgan fingerprint density at radius 3 is 2.58 bits per heavy atom. The number of hydrogen-bond donors (Lipinski definition) is 1. The van der Waals surface area contributed by atoms with E-state index >= 15 is 0 Å². The molecule has 1 aromatic heterocycles. The summed E-state index contributed by atoms with van der Waals surface area (Å²) >= 11 is 0. The maximum atomic E-state index is 3.71. The van der Waals surface area contributed by atoms with Crippen molar-refractivity contribution in [2.24, 2.45) is 7.05 Å². The molecule has 0 fully saturated rings. The van der Waals surface area contributed by atoms with E-state index in [-0.39, 0.29) is 0 Å². The maximum absolute atomic E-state index is 3.71. The molecule has 3 aromatic carbocycles. The highest BCUT2D eigenvalue weighted by molar-refractivity contribution is 6.16. The van der Waals surface area contributed by atoms with E-state index < -0.39 is 0 Å². The standard InChI is InChI=1S/C22H20N2/c1-24-19-12-6-5-10-17(19)21-20(24)14-18(15-8-3-2-4-9-15)16-11-7-13-23-22(16)21/h2-6,8-10,12,14,23H,7,11,13H2,1H3. The molecule has 0 spiro atoms. The van der Waals surface area contributed by atoms with Gasteiger partial charge in [0, 0.05) is 35.6 Å². The van der Waals surface area contributed by atoms with Crippen LogP contribution in [0.15, 0.2) is 60.7 Å². The summed E-state index contributed by atoms with van der Waals surface area (Å²) in [7, 11) is 2.18. The van der Waals surface area contributed by atoms with Crippen LogP contribution in [0.2, 0.25) is 0 Å². The third-order valence-corrected chi connectivity index (χ3v) is 5.30. The zero-order valence-corrected chi connectivity index (χ0v) is 13.8. The molecule has 4 aromatic rings. The number of anilines is 1. The zero-order chi connectivity index (χ0) is 16.1. The highest BCUT2D eigenvalue weighted by Gasteiger charge is 2.21. The van der Waals surface area contributed by atoms with Crippen LogP contribution in [0, 0.1) is 0 Å². The Hall–Kier alpha value is -2.74. The molecule has 118 valence electrons. The van der Waals surface area contributed by atoms with Gasteiger partial charge in [-0.25, -0.2) is 0 Å². The highest BCUT2D eigenvalue weighted by Crippen LogP contribution is 2.42. The molecule has 0 unspecified atom stereocenters. The van der Waals surface area contributed by atoms with Crippen molar-refractivity contribution in [3.8, 4) is 11.1 Å². The van der Waals surface area contributed by atoms with Crippen molar-refractivity contribution in [1.82, 2.24) is 4.57 Å². The van der Waals surface area contributed by atoms with Crippen molar-refractivity contribution in [2.45, 2.75) is 12.8 Å². The maximum Gasteiger partial charge on any atom is 0.0516 e. The molecule has 1 N–H and O–H groups in total. The van der Waals surface area contributed by atoms with Gasteiger partial charge in [-0.05, 0) is 41.7 Å². The minimum absolute atomic E-state index is 1.06. The number of benzene rings is 3. The van der Waals surface area contributed by atoms with E-state index in [1.165, 1.54) is 50.6 Å². The van der Waals surface area contributed by atoms with Crippen LogP contribution in [-0.4, -0.2) is 11.1 Å². The van der Waals surface area contributed by atoms with Crippen LogP contribution < -0.4 is 5.32 Å². The Kier molecular flexibility index (Phi) is 2.93. The van der Waals surface area contributed by atoms with Gasteiger partial charge in [-0.15, -0.1) is 0 Å². The number of hydrogen-bond acceptors (Lipinski definition) is 1. The SMILES string of the molecule is Cn1c2ccccc2c2c3c(c(-c4ccccc4)cc21)CCCN3. The van der Waals surface area contributed by atoms with Crippen LogP contribution in [0.3, 0.4) is 0 Å². The molecule has 5 rings (SSSR count). The molecule has 0 radical (unpaired) electrons. The number of nitrogens with zero attached hydrogens (tertiary/aromatic N) is 1. The second-order valence-corrected chi connectivity index (χ2v) is 6.64. The molecule has 0 saturated heterocycles. The summed E-state index contributed by atoms with van der Waals surface area (Å²) in [6, 6.07) is 21.9. The largest absolute Gasteiger partial charge is 0.384 e. The average molecular weight is 312 g/mol. The van der Waals surface area contributed by atoms with Gasteiger partial charge in [0.05, 0.1) is 5.52 Å². The first-order valence-electron chi connectivity index (χ1n) is 8.67. The molecule has 1 aliphatic heterocycles. The molecule has 24 heavy (non-hydrogen) atoms. The Labute approximate surface area is 141 Å². The number of fused-ring (bicyclic) bond motifs is 5. The van der Waals surface area contributed by atoms with Gasteiger partial charge in [0.2, 0.25) is 0 Å². The van der Waals surface area contributed by atoms with Gasteiger partial charge < -0.3 is 9.88 Å². The van der Waals surface area contributed by atoms with E-state index in [0.717, 1.165) is 13.0 Å².